The summed E-state index contributed by atoms with van der Waals surface area (Å²) >= 11 is 0. The topological polar surface area (TPSA) is 74.4 Å². The molecule has 0 unspecified atom stereocenters. The predicted octanol–water partition coefficient (Wildman–Crippen LogP) is 2.85. The highest BCUT2D eigenvalue weighted by Crippen LogP contribution is 2.18. The number of H-pyrrole nitrogens is 2. The Balaban J connectivity index is 2.06. The minimum absolute atomic E-state index is 0.114. The zero-order valence-electron chi connectivity index (χ0n) is 13.1. The minimum Gasteiger partial charge on any atom is -0.308 e. The average molecular weight is 336 g/mol. The van der Waals surface area contributed by atoms with Crippen molar-refractivity contribution in [1.29, 1.82) is 0 Å². The van der Waals surface area contributed by atoms with E-state index in [0.29, 0.717) is 29.6 Å². The zero-order chi connectivity index (χ0) is 17.4. The van der Waals surface area contributed by atoms with Gasteiger partial charge in [0.05, 0.1) is 5.69 Å². The first-order valence-corrected chi connectivity index (χ1v) is 7.44. The summed E-state index contributed by atoms with van der Waals surface area (Å²) in [6.07, 6.45) is 0.396. The molecular weight excluding hydrogens is 321 g/mol. The number of aromatic nitrogens is 4. The molecule has 0 aliphatic heterocycles. The van der Waals surface area contributed by atoms with Gasteiger partial charge in [-0.05, 0) is 18.4 Å². The molecule has 0 fully saturated rings. The van der Waals surface area contributed by atoms with Crippen LogP contribution in [0.3, 0.4) is 0 Å². The molecule has 1 aromatic carbocycles. The van der Waals surface area contributed by atoms with Crippen molar-refractivity contribution in [2.45, 2.75) is 26.7 Å². The van der Waals surface area contributed by atoms with Crippen LogP contribution in [0.4, 0.5) is 13.2 Å². The second-order valence-corrected chi connectivity index (χ2v) is 6.05. The summed E-state index contributed by atoms with van der Waals surface area (Å²) in [6, 6.07) is 1.35. The molecule has 0 saturated heterocycles. The lowest BCUT2D eigenvalue weighted by Gasteiger charge is -2.06. The SMILES string of the molecule is CC(C)Cc1[nH]nc2c(=O)[nH]c(Cc3cc(F)cc(F)c3F)nc12. The molecule has 0 saturated carbocycles. The maximum absolute atomic E-state index is 13.8. The molecule has 2 aromatic heterocycles. The first-order chi connectivity index (χ1) is 11.3. The van der Waals surface area contributed by atoms with Gasteiger partial charge in [-0.25, -0.2) is 18.2 Å². The van der Waals surface area contributed by atoms with E-state index < -0.39 is 23.0 Å². The number of benzene rings is 1. The molecule has 2 heterocycles. The van der Waals surface area contributed by atoms with E-state index in [1.165, 1.54) is 0 Å². The fraction of sp³-hybridized carbons (Fsp3) is 0.312. The van der Waals surface area contributed by atoms with Crippen LogP contribution in [0, 0.1) is 23.4 Å². The maximum atomic E-state index is 13.8. The van der Waals surface area contributed by atoms with E-state index in [-0.39, 0.29) is 23.3 Å². The van der Waals surface area contributed by atoms with Gasteiger partial charge in [0.25, 0.3) is 5.56 Å². The number of hydrogen-bond donors (Lipinski definition) is 2. The molecule has 0 aliphatic rings. The molecule has 24 heavy (non-hydrogen) atoms. The Morgan fingerprint density at radius 3 is 2.62 bits per heavy atom. The number of halogens is 3. The molecule has 3 rings (SSSR count). The standard InChI is InChI=1S/C16H15F3N4O/c1-7(2)3-11-14-15(23-22-11)16(24)21-12(20-14)5-8-4-9(17)6-10(18)13(8)19/h4,6-7H,3,5H2,1-2H3,(H,22,23)(H,20,21,24). The predicted molar refractivity (Wildman–Crippen MR) is 82.2 cm³/mol. The first kappa shape index (κ1) is 16.2. The number of nitrogens with one attached hydrogen (secondary N) is 2. The zero-order valence-corrected chi connectivity index (χ0v) is 13.1. The molecule has 0 aliphatic carbocycles. The van der Waals surface area contributed by atoms with E-state index in [2.05, 4.69) is 20.2 Å². The van der Waals surface area contributed by atoms with Crippen LogP contribution in [0.5, 0.6) is 0 Å². The Bertz CT molecular complexity index is 962. The van der Waals surface area contributed by atoms with Crippen LogP contribution in [-0.2, 0) is 12.8 Å². The Labute approximate surface area is 134 Å². The van der Waals surface area contributed by atoms with Crippen LogP contribution in [-0.4, -0.2) is 20.2 Å². The maximum Gasteiger partial charge on any atom is 0.279 e. The van der Waals surface area contributed by atoms with Gasteiger partial charge in [0.1, 0.15) is 17.2 Å². The lowest BCUT2D eigenvalue weighted by atomic mass is 10.1. The van der Waals surface area contributed by atoms with Crippen molar-refractivity contribution in [3.05, 3.63) is 57.0 Å². The summed E-state index contributed by atoms with van der Waals surface area (Å²) < 4.78 is 40.4. The van der Waals surface area contributed by atoms with Crippen LogP contribution >= 0.6 is 0 Å². The number of fused-ring (bicyclic) bond motifs is 1. The van der Waals surface area contributed by atoms with Gasteiger partial charge in [0.15, 0.2) is 17.2 Å². The molecule has 2 N–H and O–H groups in total. The van der Waals surface area contributed by atoms with E-state index in [0.717, 1.165) is 6.07 Å². The number of rotatable bonds is 4. The molecule has 0 radical (unpaired) electrons. The highest BCUT2D eigenvalue weighted by molar-refractivity contribution is 5.75. The molecule has 126 valence electrons. The second-order valence-electron chi connectivity index (χ2n) is 6.05. The fourth-order valence-electron chi connectivity index (χ4n) is 2.56. The van der Waals surface area contributed by atoms with Crippen molar-refractivity contribution >= 4 is 11.0 Å². The second kappa shape index (κ2) is 6.10. The van der Waals surface area contributed by atoms with Crippen LogP contribution in [0.25, 0.3) is 11.0 Å². The van der Waals surface area contributed by atoms with Gasteiger partial charge in [-0.15, -0.1) is 0 Å². The van der Waals surface area contributed by atoms with Gasteiger partial charge in [0.2, 0.25) is 0 Å². The van der Waals surface area contributed by atoms with Crippen molar-refractivity contribution in [1.82, 2.24) is 20.2 Å². The van der Waals surface area contributed by atoms with Gasteiger partial charge in [-0.1, -0.05) is 13.8 Å². The Kier molecular flexibility index (Phi) is 4.13. The summed E-state index contributed by atoms with van der Waals surface area (Å²) in [5.41, 5.74) is 0.528. The van der Waals surface area contributed by atoms with Crippen LogP contribution in [0.1, 0.15) is 30.9 Å². The summed E-state index contributed by atoms with van der Waals surface area (Å²) in [6.45, 7) is 4.01. The molecule has 0 amide bonds. The molecule has 0 bridgehead atoms. The van der Waals surface area contributed by atoms with Crippen LogP contribution < -0.4 is 5.56 Å². The van der Waals surface area contributed by atoms with Crippen LogP contribution in [0.15, 0.2) is 16.9 Å². The Hall–Kier alpha value is -2.64. The van der Waals surface area contributed by atoms with E-state index in [1.54, 1.807) is 0 Å². The van der Waals surface area contributed by atoms with Gasteiger partial charge in [0, 0.05) is 18.1 Å². The van der Waals surface area contributed by atoms with E-state index in [4.69, 9.17) is 0 Å². The van der Waals surface area contributed by atoms with E-state index >= 15 is 0 Å². The van der Waals surface area contributed by atoms with Gasteiger partial charge >= 0.3 is 0 Å². The highest BCUT2D eigenvalue weighted by atomic mass is 19.2. The van der Waals surface area contributed by atoms with E-state index in [1.807, 2.05) is 13.8 Å². The fourth-order valence-corrected chi connectivity index (χ4v) is 2.56. The van der Waals surface area contributed by atoms with Crippen LogP contribution in [0.2, 0.25) is 0 Å². The number of nitrogens with zero attached hydrogens (tertiary/aromatic N) is 2. The molecule has 5 nitrogen and oxygen atoms in total. The van der Waals surface area contributed by atoms with E-state index in [9.17, 15) is 18.0 Å². The summed E-state index contributed by atoms with van der Waals surface area (Å²) in [5.74, 6) is -2.90. The lowest BCUT2D eigenvalue weighted by molar-refractivity contribution is 0.486. The smallest absolute Gasteiger partial charge is 0.279 e. The third-order valence-corrected chi connectivity index (χ3v) is 3.57. The third-order valence-electron chi connectivity index (χ3n) is 3.57. The molecule has 0 atom stereocenters. The number of hydrogen-bond acceptors (Lipinski definition) is 3. The van der Waals surface area contributed by atoms with Crippen molar-refractivity contribution in [2.75, 3.05) is 0 Å². The normalized spacial score (nSPS) is 11.6. The molecule has 0 spiro atoms. The van der Waals surface area contributed by atoms with Gasteiger partial charge in [-0.2, -0.15) is 5.10 Å². The van der Waals surface area contributed by atoms with Gasteiger partial charge < -0.3 is 4.98 Å². The Morgan fingerprint density at radius 2 is 1.92 bits per heavy atom. The molecule has 3 aromatic rings. The van der Waals surface area contributed by atoms with Crippen molar-refractivity contribution < 1.29 is 13.2 Å². The largest absolute Gasteiger partial charge is 0.308 e. The summed E-state index contributed by atoms with van der Waals surface area (Å²) in [4.78, 5) is 18.8. The van der Waals surface area contributed by atoms with Gasteiger partial charge in [-0.3, -0.25) is 9.89 Å². The lowest BCUT2D eigenvalue weighted by Crippen LogP contribution is -2.13. The first-order valence-electron chi connectivity index (χ1n) is 7.44. The van der Waals surface area contributed by atoms with Crippen molar-refractivity contribution in [3.63, 3.8) is 0 Å². The third kappa shape index (κ3) is 3.04. The number of aromatic amines is 2. The molecule has 8 heteroatoms. The monoisotopic (exact) mass is 336 g/mol. The summed E-state index contributed by atoms with van der Waals surface area (Å²) in [7, 11) is 0. The highest BCUT2D eigenvalue weighted by Gasteiger charge is 2.16. The summed E-state index contributed by atoms with van der Waals surface area (Å²) in [5, 5.41) is 6.72. The molecular formula is C16H15F3N4O. The van der Waals surface area contributed by atoms with Crippen molar-refractivity contribution in [3.8, 4) is 0 Å². The minimum atomic E-state index is -1.28. The quantitative estimate of drug-likeness (QED) is 0.720. The Morgan fingerprint density at radius 1 is 1.17 bits per heavy atom. The van der Waals surface area contributed by atoms with Crippen molar-refractivity contribution in [2.24, 2.45) is 5.92 Å². The average Bonchev–Trinajstić information content (AvgIpc) is 2.87.